The lowest BCUT2D eigenvalue weighted by Crippen LogP contribution is -2.01. The van der Waals surface area contributed by atoms with Gasteiger partial charge < -0.3 is 10.2 Å². The van der Waals surface area contributed by atoms with Crippen molar-refractivity contribution in [2.24, 2.45) is 5.92 Å². The smallest absolute Gasteiger partial charge is 0.330 e. The van der Waals surface area contributed by atoms with Crippen molar-refractivity contribution in [3.05, 3.63) is 12.2 Å². The summed E-state index contributed by atoms with van der Waals surface area (Å²) >= 11 is 0. The van der Waals surface area contributed by atoms with Crippen LogP contribution in [0.4, 0.5) is 0 Å². The molecule has 76 valence electrons. The fourth-order valence-corrected chi connectivity index (χ4v) is 1.14. The largest absolute Gasteiger partial charge is 0.478 e. The molecule has 0 radical (unpaired) electrons. The number of rotatable bonds is 7. The maximum absolute atomic E-state index is 10.4. The number of aliphatic carboxylic acids is 1. The van der Waals surface area contributed by atoms with Crippen LogP contribution in [0.5, 0.6) is 0 Å². The average molecular weight is 186 g/mol. The number of aliphatic hydroxyl groups excluding tert-OH is 1. The van der Waals surface area contributed by atoms with Crippen LogP contribution in [0.1, 0.15) is 32.6 Å². The second kappa shape index (κ2) is 6.66. The Morgan fingerprint density at radius 1 is 1.46 bits per heavy atom. The van der Waals surface area contributed by atoms with Crippen molar-refractivity contribution in [3.8, 4) is 0 Å². The van der Waals surface area contributed by atoms with Crippen molar-refractivity contribution in [2.75, 3.05) is 6.61 Å². The van der Waals surface area contributed by atoms with Gasteiger partial charge in [0.05, 0.1) is 0 Å². The van der Waals surface area contributed by atoms with E-state index in [1.54, 1.807) is 0 Å². The molecule has 13 heavy (non-hydrogen) atoms. The predicted octanol–water partition coefficient (Wildman–Crippen LogP) is 1.82. The van der Waals surface area contributed by atoms with Crippen LogP contribution in [0.25, 0.3) is 0 Å². The third-order valence-electron chi connectivity index (χ3n) is 2.10. The van der Waals surface area contributed by atoms with E-state index in [9.17, 15) is 4.79 Å². The van der Waals surface area contributed by atoms with Crippen LogP contribution in [0.15, 0.2) is 12.2 Å². The number of hydrogen-bond acceptors (Lipinski definition) is 2. The lowest BCUT2D eigenvalue weighted by atomic mass is 9.99. The summed E-state index contributed by atoms with van der Waals surface area (Å²) in [6, 6.07) is 0. The highest BCUT2D eigenvalue weighted by Gasteiger charge is 2.05. The molecule has 1 atom stereocenters. The van der Waals surface area contributed by atoms with Gasteiger partial charge in [0, 0.05) is 12.2 Å². The Hall–Kier alpha value is -0.830. The third-order valence-corrected chi connectivity index (χ3v) is 2.10. The molecule has 0 rings (SSSR count). The molecule has 0 aromatic carbocycles. The van der Waals surface area contributed by atoms with Crippen LogP contribution < -0.4 is 0 Å². The van der Waals surface area contributed by atoms with Crippen molar-refractivity contribution in [1.29, 1.82) is 0 Å². The number of carboxylic acids is 1. The van der Waals surface area contributed by atoms with E-state index < -0.39 is 5.97 Å². The number of aliphatic hydroxyl groups is 1. The minimum atomic E-state index is -0.908. The van der Waals surface area contributed by atoms with Gasteiger partial charge in [0.1, 0.15) is 0 Å². The standard InChI is InChI=1S/C10H18O3/c1-8(6-7-11)4-3-5-9(2)10(12)13/h8,11H,2-7H2,1H3,(H,12,13). The van der Waals surface area contributed by atoms with Crippen LogP contribution in [-0.4, -0.2) is 22.8 Å². The molecule has 0 aliphatic heterocycles. The minimum Gasteiger partial charge on any atom is -0.478 e. The van der Waals surface area contributed by atoms with Crippen molar-refractivity contribution >= 4 is 5.97 Å². The topological polar surface area (TPSA) is 57.5 Å². The number of carboxylic acid groups (broad SMARTS) is 1. The zero-order valence-electron chi connectivity index (χ0n) is 8.12. The molecule has 0 aromatic rings. The summed E-state index contributed by atoms with van der Waals surface area (Å²) in [6.07, 6.45) is 3.13. The van der Waals surface area contributed by atoms with Crippen LogP contribution in [0, 0.1) is 5.92 Å². The van der Waals surface area contributed by atoms with Gasteiger partial charge in [-0.1, -0.05) is 19.9 Å². The first-order chi connectivity index (χ1) is 6.07. The van der Waals surface area contributed by atoms with E-state index >= 15 is 0 Å². The summed E-state index contributed by atoms with van der Waals surface area (Å²) in [5.74, 6) is -0.443. The summed E-state index contributed by atoms with van der Waals surface area (Å²) < 4.78 is 0. The Kier molecular flexibility index (Phi) is 6.24. The highest BCUT2D eigenvalue weighted by molar-refractivity contribution is 5.85. The molecule has 3 heteroatoms. The number of hydrogen-bond donors (Lipinski definition) is 2. The van der Waals surface area contributed by atoms with Gasteiger partial charge in [-0.3, -0.25) is 0 Å². The van der Waals surface area contributed by atoms with E-state index in [1.165, 1.54) is 0 Å². The Labute approximate surface area is 79.1 Å². The van der Waals surface area contributed by atoms with Crippen LogP contribution in [0.2, 0.25) is 0 Å². The molecule has 0 spiro atoms. The van der Waals surface area contributed by atoms with Gasteiger partial charge in [0.15, 0.2) is 0 Å². The Morgan fingerprint density at radius 3 is 2.54 bits per heavy atom. The van der Waals surface area contributed by atoms with Gasteiger partial charge in [-0.05, 0) is 25.2 Å². The van der Waals surface area contributed by atoms with E-state index in [1.807, 2.05) is 0 Å². The third kappa shape index (κ3) is 6.34. The Morgan fingerprint density at radius 2 is 2.08 bits per heavy atom. The maximum Gasteiger partial charge on any atom is 0.330 e. The van der Waals surface area contributed by atoms with Gasteiger partial charge in [-0.15, -0.1) is 0 Å². The first-order valence-electron chi connectivity index (χ1n) is 4.59. The second-order valence-corrected chi connectivity index (χ2v) is 3.42. The van der Waals surface area contributed by atoms with Gasteiger partial charge >= 0.3 is 5.97 Å². The average Bonchev–Trinajstić information content (AvgIpc) is 2.04. The fourth-order valence-electron chi connectivity index (χ4n) is 1.14. The summed E-state index contributed by atoms with van der Waals surface area (Å²) in [6.45, 7) is 5.71. The predicted molar refractivity (Wildman–Crippen MR) is 51.5 cm³/mol. The van der Waals surface area contributed by atoms with E-state index in [4.69, 9.17) is 10.2 Å². The molecule has 0 saturated heterocycles. The Balaban J connectivity index is 3.44. The molecule has 3 nitrogen and oxygen atoms in total. The van der Waals surface area contributed by atoms with E-state index in [0.29, 0.717) is 12.3 Å². The molecule has 0 aliphatic rings. The lowest BCUT2D eigenvalue weighted by Gasteiger charge is -2.08. The fraction of sp³-hybridized carbons (Fsp3) is 0.700. The SMILES string of the molecule is C=C(CCCC(C)CCO)C(=O)O. The van der Waals surface area contributed by atoms with Crippen molar-refractivity contribution < 1.29 is 15.0 Å². The Bertz CT molecular complexity index is 175. The van der Waals surface area contributed by atoms with E-state index in [-0.39, 0.29) is 12.2 Å². The van der Waals surface area contributed by atoms with E-state index in [0.717, 1.165) is 19.3 Å². The van der Waals surface area contributed by atoms with Gasteiger partial charge in [0.2, 0.25) is 0 Å². The van der Waals surface area contributed by atoms with Gasteiger partial charge in [0.25, 0.3) is 0 Å². The molecule has 2 N–H and O–H groups in total. The zero-order valence-corrected chi connectivity index (χ0v) is 8.12. The molecular formula is C10H18O3. The molecule has 0 aromatic heterocycles. The maximum atomic E-state index is 10.4. The van der Waals surface area contributed by atoms with Crippen LogP contribution in [0.3, 0.4) is 0 Å². The molecule has 1 unspecified atom stereocenters. The van der Waals surface area contributed by atoms with Gasteiger partial charge in [-0.25, -0.2) is 4.79 Å². The molecule has 0 aliphatic carbocycles. The highest BCUT2D eigenvalue weighted by Crippen LogP contribution is 2.13. The quantitative estimate of drug-likeness (QED) is 0.596. The summed E-state index contributed by atoms with van der Waals surface area (Å²) in [4.78, 5) is 10.4. The van der Waals surface area contributed by atoms with Crippen molar-refractivity contribution in [2.45, 2.75) is 32.6 Å². The highest BCUT2D eigenvalue weighted by atomic mass is 16.4. The van der Waals surface area contributed by atoms with Crippen LogP contribution >= 0.6 is 0 Å². The molecule has 0 fully saturated rings. The molecule has 0 bridgehead atoms. The van der Waals surface area contributed by atoms with Crippen LogP contribution in [-0.2, 0) is 4.79 Å². The normalized spacial score (nSPS) is 12.5. The lowest BCUT2D eigenvalue weighted by molar-refractivity contribution is -0.132. The monoisotopic (exact) mass is 186 g/mol. The van der Waals surface area contributed by atoms with Crippen molar-refractivity contribution in [3.63, 3.8) is 0 Å². The molecular weight excluding hydrogens is 168 g/mol. The zero-order chi connectivity index (χ0) is 10.3. The first-order valence-corrected chi connectivity index (χ1v) is 4.59. The van der Waals surface area contributed by atoms with Crippen molar-refractivity contribution in [1.82, 2.24) is 0 Å². The summed E-state index contributed by atoms with van der Waals surface area (Å²) in [7, 11) is 0. The summed E-state index contributed by atoms with van der Waals surface area (Å²) in [5, 5.41) is 17.1. The molecule has 0 amide bonds. The molecule has 0 heterocycles. The number of carbonyl (C=O) groups is 1. The van der Waals surface area contributed by atoms with E-state index in [2.05, 4.69) is 13.5 Å². The first kappa shape index (κ1) is 12.2. The second-order valence-electron chi connectivity index (χ2n) is 3.42. The molecule has 0 saturated carbocycles. The van der Waals surface area contributed by atoms with Gasteiger partial charge in [-0.2, -0.15) is 0 Å². The summed E-state index contributed by atoms with van der Waals surface area (Å²) in [5.41, 5.74) is 0.274. The minimum absolute atomic E-state index is 0.209.